The summed E-state index contributed by atoms with van der Waals surface area (Å²) >= 11 is 0. The topological polar surface area (TPSA) is 78.4 Å². The summed E-state index contributed by atoms with van der Waals surface area (Å²) in [5.41, 5.74) is -0.0625. The zero-order valence-corrected chi connectivity index (χ0v) is 12.9. The Labute approximate surface area is 121 Å². The Bertz CT molecular complexity index is 338. The fraction of sp³-hybridized carbons (Fsp3) is 0.867. The van der Waals surface area contributed by atoms with Gasteiger partial charge in [-0.2, -0.15) is 0 Å². The van der Waals surface area contributed by atoms with Crippen LogP contribution in [0.25, 0.3) is 0 Å². The SMILES string of the molecule is CC(CNC(=O)NCCC(C)(C)CCC(=O)O)C1CC1. The normalized spacial score (nSPS) is 16.6. The molecule has 5 heteroatoms. The third-order valence-corrected chi connectivity index (χ3v) is 4.11. The number of hydrogen-bond donors (Lipinski definition) is 3. The molecule has 0 bridgehead atoms. The van der Waals surface area contributed by atoms with Crippen molar-refractivity contribution in [3.63, 3.8) is 0 Å². The molecular weight excluding hydrogens is 256 g/mol. The van der Waals surface area contributed by atoms with Crippen LogP contribution in [0.5, 0.6) is 0 Å². The Morgan fingerprint density at radius 3 is 2.45 bits per heavy atom. The first-order chi connectivity index (χ1) is 9.30. The van der Waals surface area contributed by atoms with Crippen LogP contribution in [0, 0.1) is 17.3 Å². The molecule has 0 radical (unpaired) electrons. The lowest BCUT2D eigenvalue weighted by Gasteiger charge is -2.24. The molecule has 1 aliphatic rings. The first-order valence-electron chi connectivity index (χ1n) is 7.54. The molecule has 0 saturated heterocycles. The molecule has 0 heterocycles. The first kappa shape index (κ1) is 16.8. The highest BCUT2D eigenvalue weighted by molar-refractivity contribution is 5.73. The molecule has 1 unspecified atom stereocenters. The van der Waals surface area contributed by atoms with Crippen molar-refractivity contribution in [3.05, 3.63) is 0 Å². The van der Waals surface area contributed by atoms with E-state index in [0.29, 0.717) is 18.9 Å². The van der Waals surface area contributed by atoms with Crippen molar-refractivity contribution >= 4 is 12.0 Å². The number of rotatable bonds is 9. The molecule has 1 aliphatic carbocycles. The minimum atomic E-state index is -0.766. The lowest BCUT2D eigenvalue weighted by atomic mass is 9.84. The summed E-state index contributed by atoms with van der Waals surface area (Å²) in [6, 6.07) is -0.119. The summed E-state index contributed by atoms with van der Waals surface area (Å²) in [6.45, 7) is 7.55. The van der Waals surface area contributed by atoms with E-state index in [-0.39, 0.29) is 17.9 Å². The molecule has 1 fully saturated rings. The van der Waals surface area contributed by atoms with Gasteiger partial charge in [0, 0.05) is 19.5 Å². The molecule has 5 nitrogen and oxygen atoms in total. The maximum Gasteiger partial charge on any atom is 0.314 e. The highest BCUT2D eigenvalue weighted by Gasteiger charge is 2.27. The molecule has 1 saturated carbocycles. The summed E-state index contributed by atoms with van der Waals surface area (Å²) in [6.07, 6.45) is 4.18. The van der Waals surface area contributed by atoms with Gasteiger partial charge in [-0.05, 0) is 42.9 Å². The van der Waals surface area contributed by atoms with E-state index in [4.69, 9.17) is 5.11 Å². The van der Waals surface area contributed by atoms with Crippen molar-refractivity contribution in [1.29, 1.82) is 0 Å². The molecular formula is C15H28N2O3. The Kier molecular flexibility index (Phi) is 6.30. The Morgan fingerprint density at radius 2 is 1.90 bits per heavy atom. The third kappa shape index (κ3) is 7.36. The Hall–Kier alpha value is -1.26. The van der Waals surface area contributed by atoms with Crippen LogP contribution in [0.15, 0.2) is 0 Å². The number of carboxylic acid groups (broad SMARTS) is 1. The number of hydrogen-bond acceptors (Lipinski definition) is 2. The van der Waals surface area contributed by atoms with Crippen molar-refractivity contribution in [2.24, 2.45) is 17.3 Å². The van der Waals surface area contributed by atoms with Gasteiger partial charge >= 0.3 is 12.0 Å². The fourth-order valence-electron chi connectivity index (χ4n) is 2.23. The predicted octanol–water partition coefficient (Wildman–Crippen LogP) is 2.61. The van der Waals surface area contributed by atoms with Crippen molar-refractivity contribution in [3.8, 4) is 0 Å². The molecule has 0 aromatic carbocycles. The average molecular weight is 284 g/mol. The Morgan fingerprint density at radius 1 is 1.25 bits per heavy atom. The van der Waals surface area contributed by atoms with Crippen LogP contribution in [-0.2, 0) is 4.79 Å². The van der Waals surface area contributed by atoms with Gasteiger partial charge in [-0.15, -0.1) is 0 Å². The van der Waals surface area contributed by atoms with Crippen LogP contribution in [0.4, 0.5) is 4.79 Å². The molecule has 1 rings (SSSR count). The lowest BCUT2D eigenvalue weighted by Crippen LogP contribution is -2.39. The van der Waals surface area contributed by atoms with E-state index >= 15 is 0 Å². The number of nitrogens with one attached hydrogen (secondary N) is 2. The number of carbonyl (C=O) groups is 2. The van der Waals surface area contributed by atoms with Crippen LogP contribution in [-0.4, -0.2) is 30.2 Å². The maximum atomic E-state index is 11.6. The highest BCUT2D eigenvalue weighted by atomic mass is 16.4. The van der Waals surface area contributed by atoms with Gasteiger partial charge < -0.3 is 15.7 Å². The monoisotopic (exact) mass is 284 g/mol. The standard InChI is InChI=1S/C15H28N2O3/c1-11(12-4-5-12)10-17-14(20)16-9-8-15(2,3)7-6-13(18)19/h11-12H,4-10H2,1-3H3,(H,18,19)(H2,16,17,20). The van der Waals surface area contributed by atoms with Gasteiger partial charge in [0.05, 0.1) is 0 Å². The summed E-state index contributed by atoms with van der Waals surface area (Å²) < 4.78 is 0. The van der Waals surface area contributed by atoms with Crippen molar-refractivity contribution in [1.82, 2.24) is 10.6 Å². The summed E-state index contributed by atoms with van der Waals surface area (Å²) in [4.78, 5) is 22.2. The molecule has 1 atom stereocenters. The largest absolute Gasteiger partial charge is 0.481 e. The smallest absolute Gasteiger partial charge is 0.314 e. The van der Waals surface area contributed by atoms with Gasteiger partial charge in [0.2, 0.25) is 0 Å². The molecule has 3 N–H and O–H groups in total. The number of amides is 2. The van der Waals surface area contributed by atoms with Gasteiger partial charge in [-0.1, -0.05) is 20.8 Å². The number of urea groups is 1. The second-order valence-electron chi connectivity index (χ2n) is 6.76. The molecule has 0 aromatic rings. The van der Waals surface area contributed by atoms with E-state index in [1.165, 1.54) is 12.8 Å². The molecule has 116 valence electrons. The summed E-state index contributed by atoms with van der Waals surface area (Å²) in [5.74, 6) is 0.593. The second-order valence-corrected chi connectivity index (χ2v) is 6.76. The summed E-state index contributed by atoms with van der Waals surface area (Å²) in [5, 5.41) is 14.4. The summed E-state index contributed by atoms with van der Waals surface area (Å²) in [7, 11) is 0. The average Bonchev–Trinajstić information content (AvgIpc) is 3.17. The molecule has 0 spiro atoms. The van der Waals surface area contributed by atoms with E-state index in [1.807, 2.05) is 13.8 Å². The van der Waals surface area contributed by atoms with E-state index in [1.54, 1.807) is 0 Å². The van der Waals surface area contributed by atoms with Crippen LogP contribution in [0.3, 0.4) is 0 Å². The molecule has 0 aromatic heterocycles. The van der Waals surface area contributed by atoms with E-state index in [0.717, 1.165) is 18.9 Å². The van der Waals surface area contributed by atoms with Gasteiger partial charge in [0.25, 0.3) is 0 Å². The van der Waals surface area contributed by atoms with E-state index < -0.39 is 5.97 Å². The Balaban J connectivity index is 2.09. The number of carboxylic acids is 1. The highest BCUT2D eigenvalue weighted by Crippen LogP contribution is 2.36. The van der Waals surface area contributed by atoms with E-state index in [9.17, 15) is 9.59 Å². The lowest BCUT2D eigenvalue weighted by molar-refractivity contribution is -0.137. The van der Waals surface area contributed by atoms with Crippen molar-refractivity contribution in [2.45, 2.75) is 52.9 Å². The second kappa shape index (κ2) is 7.50. The van der Waals surface area contributed by atoms with Gasteiger partial charge in [-0.25, -0.2) is 4.79 Å². The van der Waals surface area contributed by atoms with E-state index in [2.05, 4.69) is 17.6 Å². The van der Waals surface area contributed by atoms with Gasteiger partial charge in [0.1, 0.15) is 0 Å². The fourth-order valence-corrected chi connectivity index (χ4v) is 2.23. The minimum absolute atomic E-state index is 0.0625. The zero-order valence-electron chi connectivity index (χ0n) is 12.9. The molecule has 2 amide bonds. The van der Waals surface area contributed by atoms with Crippen LogP contribution < -0.4 is 10.6 Å². The molecule has 0 aliphatic heterocycles. The quantitative estimate of drug-likeness (QED) is 0.609. The maximum absolute atomic E-state index is 11.6. The number of aliphatic carboxylic acids is 1. The zero-order chi connectivity index (χ0) is 15.2. The minimum Gasteiger partial charge on any atom is -0.481 e. The van der Waals surface area contributed by atoms with Crippen LogP contribution >= 0.6 is 0 Å². The molecule has 20 heavy (non-hydrogen) atoms. The number of carbonyl (C=O) groups excluding carboxylic acids is 1. The van der Waals surface area contributed by atoms with Crippen LogP contribution in [0.2, 0.25) is 0 Å². The van der Waals surface area contributed by atoms with Crippen molar-refractivity contribution < 1.29 is 14.7 Å². The van der Waals surface area contributed by atoms with Crippen LogP contribution in [0.1, 0.15) is 52.9 Å². The van der Waals surface area contributed by atoms with Crippen molar-refractivity contribution in [2.75, 3.05) is 13.1 Å². The van der Waals surface area contributed by atoms with Gasteiger partial charge in [-0.3, -0.25) is 4.79 Å². The third-order valence-electron chi connectivity index (χ3n) is 4.11. The van der Waals surface area contributed by atoms with Gasteiger partial charge in [0.15, 0.2) is 0 Å². The first-order valence-corrected chi connectivity index (χ1v) is 7.54. The predicted molar refractivity (Wildman–Crippen MR) is 78.6 cm³/mol.